The average Bonchev–Trinajstić information content (AvgIpc) is 2.67. The Morgan fingerprint density at radius 2 is 2.27 bits per heavy atom. The second-order valence-electron chi connectivity index (χ2n) is 4.33. The Bertz CT molecular complexity index is 204. The zero-order valence-electron chi connectivity index (χ0n) is 9.63. The van der Waals surface area contributed by atoms with E-state index in [1.807, 2.05) is 13.8 Å². The van der Waals surface area contributed by atoms with Gasteiger partial charge in [-0.25, -0.2) is 0 Å². The minimum atomic E-state index is -0.283. The maximum absolute atomic E-state index is 11.6. The van der Waals surface area contributed by atoms with Gasteiger partial charge >= 0.3 is 0 Å². The van der Waals surface area contributed by atoms with Crippen molar-refractivity contribution in [1.82, 2.24) is 10.6 Å². The number of carbonyl (C=O) groups is 1. The van der Waals surface area contributed by atoms with E-state index in [0.717, 1.165) is 19.4 Å². The molecular formula is C10H21ClN2O2. The van der Waals surface area contributed by atoms with Crippen molar-refractivity contribution in [2.75, 3.05) is 20.2 Å². The van der Waals surface area contributed by atoms with Crippen LogP contribution in [0.5, 0.6) is 0 Å². The predicted octanol–water partition coefficient (Wildman–Crippen LogP) is 0.701. The van der Waals surface area contributed by atoms with E-state index in [2.05, 4.69) is 10.6 Å². The average molecular weight is 237 g/mol. The van der Waals surface area contributed by atoms with Gasteiger partial charge in [-0.15, -0.1) is 12.4 Å². The Morgan fingerprint density at radius 1 is 1.60 bits per heavy atom. The molecule has 1 aliphatic rings. The monoisotopic (exact) mass is 236 g/mol. The van der Waals surface area contributed by atoms with Crippen LogP contribution >= 0.6 is 12.4 Å². The van der Waals surface area contributed by atoms with Gasteiger partial charge in [0.2, 0.25) is 5.91 Å². The van der Waals surface area contributed by atoms with E-state index in [9.17, 15) is 4.79 Å². The van der Waals surface area contributed by atoms with Crippen LogP contribution in [0, 0.1) is 0 Å². The zero-order valence-corrected chi connectivity index (χ0v) is 10.4. The third-order valence-electron chi connectivity index (χ3n) is 2.62. The summed E-state index contributed by atoms with van der Waals surface area (Å²) < 4.78 is 5.22. The normalized spacial score (nSPS) is 20.9. The van der Waals surface area contributed by atoms with Crippen LogP contribution in [0.3, 0.4) is 0 Å². The van der Waals surface area contributed by atoms with Gasteiger partial charge in [-0.2, -0.15) is 0 Å². The summed E-state index contributed by atoms with van der Waals surface area (Å²) in [4.78, 5) is 11.6. The molecule has 0 saturated carbocycles. The van der Waals surface area contributed by atoms with Crippen LogP contribution in [0.1, 0.15) is 26.7 Å². The first-order chi connectivity index (χ1) is 6.55. The number of ether oxygens (including phenoxy) is 1. The van der Waals surface area contributed by atoms with Crippen molar-refractivity contribution in [1.29, 1.82) is 0 Å². The van der Waals surface area contributed by atoms with E-state index in [0.29, 0.717) is 6.54 Å². The molecule has 1 atom stereocenters. The number of hydrogen-bond acceptors (Lipinski definition) is 3. The minimum absolute atomic E-state index is 0. The number of nitrogens with one attached hydrogen (secondary N) is 2. The number of rotatable bonds is 4. The van der Waals surface area contributed by atoms with Crippen LogP contribution in [0.15, 0.2) is 0 Å². The lowest BCUT2D eigenvalue weighted by molar-refractivity contribution is -0.124. The third kappa shape index (κ3) is 4.82. The van der Waals surface area contributed by atoms with Gasteiger partial charge in [-0.3, -0.25) is 4.79 Å². The lowest BCUT2D eigenvalue weighted by Crippen LogP contribution is -2.46. The highest BCUT2D eigenvalue weighted by Crippen LogP contribution is 2.07. The molecule has 1 unspecified atom stereocenters. The highest BCUT2D eigenvalue weighted by atomic mass is 35.5. The third-order valence-corrected chi connectivity index (χ3v) is 2.62. The number of methoxy groups -OCH3 is 1. The molecule has 0 radical (unpaired) electrons. The van der Waals surface area contributed by atoms with Crippen molar-refractivity contribution in [2.45, 2.75) is 38.3 Å². The van der Waals surface area contributed by atoms with Crippen molar-refractivity contribution in [3.63, 3.8) is 0 Å². The summed E-state index contributed by atoms with van der Waals surface area (Å²) in [5, 5.41) is 6.05. The topological polar surface area (TPSA) is 50.4 Å². The van der Waals surface area contributed by atoms with E-state index in [4.69, 9.17) is 4.74 Å². The molecule has 1 heterocycles. The van der Waals surface area contributed by atoms with Crippen LogP contribution in [-0.4, -0.2) is 37.7 Å². The largest absolute Gasteiger partial charge is 0.377 e. The molecule has 1 rings (SSSR count). The first-order valence-electron chi connectivity index (χ1n) is 5.11. The second-order valence-corrected chi connectivity index (χ2v) is 4.33. The molecule has 0 aromatic carbocycles. The molecule has 1 amide bonds. The van der Waals surface area contributed by atoms with Gasteiger partial charge in [0.1, 0.15) is 0 Å². The summed E-state index contributed by atoms with van der Waals surface area (Å²) in [6, 6.07) is 0.00246. The van der Waals surface area contributed by atoms with E-state index in [-0.39, 0.29) is 30.0 Å². The first kappa shape index (κ1) is 14.7. The summed E-state index contributed by atoms with van der Waals surface area (Å²) >= 11 is 0. The van der Waals surface area contributed by atoms with Crippen LogP contribution in [0.2, 0.25) is 0 Å². The fourth-order valence-corrected chi connectivity index (χ4v) is 1.40. The molecule has 1 fully saturated rings. The van der Waals surface area contributed by atoms with Crippen molar-refractivity contribution in [3.05, 3.63) is 0 Å². The van der Waals surface area contributed by atoms with Gasteiger partial charge < -0.3 is 15.4 Å². The number of hydrogen-bond donors (Lipinski definition) is 2. The minimum Gasteiger partial charge on any atom is -0.377 e. The summed E-state index contributed by atoms with van der Waals surface area (Å²) in [5.74, 6) is 0.0904. The van der Waals surface area contributed by atoms with Crippen LogP contribution in [-0.2, 0) is 9.53 Å². The van der Waals surface area contributed by atoms with E-state index in [1.54, 1.807) is 7.11 Å². The van der Waals surface area contributed by atoms with Gasteiger partial charge in [0.25, 0.3) is 0 Å². The van der Waals surface area contributed by atoms with Gasteiger partial charge in [0, 0.05) is 13.7 Å². The molecule has 5 heteroatoms. The lowest BCUT2D eigenvalue weighted by atomic mass is 10.1. The maximum atomic E-state index is 11.6. The Balaban J connectivity index is 0.00000196. The van der Waals surface area contributed by atoms with Crippen molar-refractivity contribution >= 4 is 18.3 Å². The lowest BCUT2D eigenvalue weighted by Gasteiger charge is -2.24. The van der Waals surface area contributed by atoms with E-state index >= 15 is 0 Å². The molecule has 0 spiro atoms. The van der Waals surface area contributed by atoms with E-state index in [1.165, 1.54) is 0 Å². The Labute approximate surface area is 97.5 Å². The smallest absolute Gasteiger partial charge is 0.237 e. The molecule has 2 N–H and O–H groups in total. The van der Waals surface area contributed by atoms with Gasteiger partial charge in [0.15, 0.2) is 0 Å². The van der Waals surface area contributed by atoms with Gasteiger partial charge in [-0.05, 0) is 33.2 Å². The highest BCUT2D eigenvalue weighted by Gasteiger charge is 2.24. The number of halogens is 1. The maximum Gasteiger partial charge on any atom is 0.237 e. The summed E-state index contributed by atoms with van der Waals surface area (Å²) in [5.41, 5.74) is -0.283. The summed E-state index contributed by atoms with van der Waals surface area (Å²) in [7, 11) is 1.65. The van der Waals surface area contributed by atoms with Crippen molar-refractivity contribution < 1.29 is 9.53 Å². The molecule has 15 heavy (non-hydrogen) atoms. The molecular weight excluding hydrogens is 216 g/mol. The predicted molar refractivity (Wildman–Crippen MR) is 62.4 cm³/mol. The zero-order chi connectivity index (χ0) is 10.6. The van der Waals surface area contributed by atoms with E-state index < -0.39 is 0 Å². The standard InChI is InChI=1S/C10H20N2O2.ClH/c1-10(2,14-3)7-12-9(13)8-5-4-6-11-8;/h8,11H,4-7H2,1-3H3,(H,12,13);1H. The van der Waals surface area contributed by atoms with Gasteiger partial charge in [0.05, 0.1) is 11.6 Å². The molecule has 90 valence electrons. The molecule has 1 aliphatic heterocycles. The molecule has 1 saturated heterocycles. The SMILES string of the molecule is COC(C)(C)CNC(=O)C1CCCN1.Cl. The fraction of sp³-hybridized carbons (Fsp3) is 0.900. The summed E-state index contributed by atoms with van der Waals surface area (Å²) in [6.07, 6.45) is 2.03. The Kier molecular flexibility index (Phi) is 6.17. The number of amides is 1. The second kappa shape index (κ2) is 6.30. The highest BCUT2D eigenvalue weighted by molar-refractivity contribution is 5.85. The number of carbonyl (C=O) groups excluding carboxylic acids is 1. The molecule has 0 bridgehead atoms. The Morgan fingerprint density at radius 3 is 2.73 bits per heavy atom. The quantitative estimate of drug-likeness (QED) is 0.756. The van der Waals surface area contributed by atoms with Gasteiger partial charge in [-0.1, -0.05) is 0 Å². The molecule has 0 aromatic heterocycles. The summed E-state index contributed by atoms with van der Waals surface area (Å²) in [6.45, 7) is 5.41. The molecule has 0 aliphatic carbocycles. The molecule has 0 aromatic rings. The molecule has 4 nitrogen and oxygen atoms in total. The first-order valence-corrected chi connectivity index (χ1v) is 5.11. The fourth-order valence-electron chi connectivity index (χ4n) is 1.40. The van der Waals surface area contributed by atoms with Crippen LogP contribution in [0.4, 0.5) is 0 Å². The van der Waals surface area contributed by atoms with Crippen LogP contribution < -0.4 is 10.6 Å². The Hall–Kier alpha value is -0.320. The van der Waals surface area contributed by atoms with Crippen molar-refractivity contribution in [3.8, 4) is 0 Å². The van der Waals surface area contributed by atoms with Crippen LogP contribution in [0.25, 0.3) is 0 Å². The van der Waals surface area contributed by atoms with Crippen molar-refractivity contribution in [2.24, 2.45) is 0 Å².